The summed E-state index contributed by atoms with van der Waals surface area (Å²) in [6.45, 7) is 0.176. The van der Waals surface area contributed by atoms with Crippen molar-refractivity contribution in [3.05, 3.63) is 59.8 Å². The largest absolute Gasteiger partial charge is 0.416 e. The molecule has 26 heavy (non-hydrogen) atoms. The first-order chi connectivity index (χ1) is 12.4. The second-order valence-electron chi connectivity index (χ2n) is 5.91. The average Bonchev–Trinajstić information content (AvgIpc) is 3.06. The molecule has 1 atom stereocenters. The van der Waals surface area contributed by atoms with Gasteiger partial charge >= 0.3 is 6.18 Å². The Hall–Kier alpha value is -2.87. The van der Waals surface area contributed by atoms with Crippen LogP contribution in [0.25, 0.3) is 10.9 Å². The molecule has 0 aliphatic carbocycles. The highest BCUT2D eigenvalue weighted by Gasteiger charge is 2.31. The Kier molecular flexibility index (Phi) is 4.94. The number of alkyl halides is 3. The topological polar surface area (TPSA) is 83.8 Å². The average molecular weight is 362 g/mol. The van der Waals surface area contributed by atoms with E-state index in [0.717, 1.165) is 23.0 Å². The minimum atomic E-state index is -4.47. The van der Waals surface area contributed by atoms with Crippen LogP contribution in [0.4, 0.5) is 18.9 Å². The fourth-order valence-corrected chi connectivity index (χ4v) is 2.80. The van der Waals surface area contributed by atoms with Crippen molar-refractivity contribution < 1.29 is 18.0 Å². The first-order valence-corrected chi connectivity index (χ1v) is 7.99. The number of aromatic amines is 1. The summed E-state index contributed by atoms with van der Waals surface area (Å²) in [5.41, 5.74) is 6.42. The highest BCUT2D eigenvalue weighted by Crippen LogP contribution is 2.32. The normalized spacial score (nSPS) is 12.9. The summed E-state index contributed by atoms with van der Waals surface area (Å²) in [6, 6.07) is 9.99. The number of halogens is 3. The molecule has 2 aromatic carbocycles. The Morgan fingerprint density at radius 2 is 2.04 bits per heavy atom. The number of amides is 1. The minimum absolute atomic E-state index is 0.176. The fourth-order valence-electron chi connectivity index (χ4n) is 2.80. The summed E-state index contributed by atoms with van der Waals surface area (Å²) >= 11 is 0. The number of hydrogen-bond acceptors (Lipinski definition) is 3. The number of benzene rings is 2. The lowest BCUT2D eigenvalue weighted by molar-refractivity contribution is -0.137. The molecule has 3 rings (SSSR count). The van der Waals surface area contributed by atoms with Crippen LogP contribution in [0.3, 0.4) is 0 Å². The Morgan fingerprint density at radius 3 is 2.77 bits per heavy atom. The van der Waals surface area contributed by atoms with Crippen LogP contribution in [0.2, 0.25) is 0 Å². The lowest BCUT2D eigenvalue weighted by atomic mass is 9.93. The molecule has 0 radical (unpaired) electrons. The molecule has 0 aliphatic heterocycles. The van der Waals surface area contributed by atoms with Gasteiger partial charge in [0.15, 0.2) is 0 Å². The summed E-state index contributed by atoms with van der Waals surface area (Å²) in [7, 11) is 0. The third-order valence-electron chi connectivity index (χ3n) is 4.10. The van der Waals surface area contributed by atoms with Gasteiger partial charge in [-0.15, -0.1) is 0 Å². The standard InChI is InChI=1S/C18H17F3N4O/c19-18(20,21)13-3-1-2-11(8-13)15(6-7-22)17(26)24-14-4-5-16-12(9-14)10-23-25-16/h1-5,8-10,15H,6-7,22H2,(H,23,25)(H,24,26). The van der Waals surface area contributed by atoms with Crippen molar-refractivity contribution in [1.82, 2.24) is 10.2 Å². The predicted molar refractivity (Wildman–Crippen MR) is 92.6 cm³/mol. The van der Waals surface area contributed by atoms with E-state index in [9.17, 15) is 18.0 Å². The maximum atomic E-state index is 12.9. The first-order valence-electron chi connectivity index (χ1n) is 7.99. The van der Waals surface area contributed by atoms with E-state index in [2.05, 4.69) is 15.5 Å². The third kappa shape index (κ3) is 3.85. The zero-order valence-corrected chi connectivity index (χ0v) is 13.7. The SMILES string of the molecule is NCCC(C(=O)Nc1ccc2[nH]ncc2c1)c1cccc(C(F)(F)F)c1. The van der Waals surface area contributed by atoms with Gasteiger partial charge in [-0.1, -0.05) is 18.2 Å². The van der Waals surface area contributed by atoms with Crippen molar-refractivity contribution in [1.29, 1.82) is 0 Å². The Balaban J connectivity index is 1.85. The Labute approximate surface area is 147 Å². The van der Waals surface area contributed by atoms with Gasteiger partial charge in [-0.25, -0.2) is 0 Å². The molecule has 1 amide bonds. The fraction of sp³-hybridized carbons (Fsp3) is 0.222. The Morgan fingerprint density at radius 1 is 1.23 bits per heavy atom. The van der Waals surface area contributed by atoms with Crippen molar-refractivity contribution in [2.45, 2.75) is 18.5 Å². The zero-order chi connectivity index (χ0) is 18.7. The maximum absolute atomic E-state index is 12.9. The number of nitrogens with zero attached hydrogens (tertiary/aromatic N) is 1. The molecule has 5 nitrogen and oxygen atoms in total. The quantitative estimate of drug-likeness (QED) is 0.648. The smallest absolute Gasteiger partial charge is 0.330 e. The minimum Gasteiger partial charge on any atom is -0.330 e. The van der Waals surface area contributed by atoms with Crippen LogP contribution in [-0.2, 0) is 11.0 Å². The molecule has 0 fully saturated rings. The molecule has 1 unspecified atom stereocenters. The highest BCUT2D eigenvalue weighted by atomic mass is 19.4. The number of hydrogen-bond donors (Lipinski definition) is 3. The lowest BCUT2D eigenvalue weighted by Gasteiger charge is -2.18. The van der Waals surface area contributed by atoms with Gasteiger partial charge in [0.1, 0.15) is 0 Å². The molecule has 136 valence electrons. The van der Waals surface area contributed by atoms with Gasteiger partial charge in [-0.3, -0.25) is 9.89 Å². The number of aromatic nitrogens is 2. The number of fused-ring (bicyclic) bond motifs is 1. The van der Waals surface area contributed by atoms with Gasteiger partial charge in [-0.05, 0) is 42.8 Å². The number of carbonyl (C=O) groups is 1. The molecule has 8 heteroatoms. The molecule has 0 aliphatic rings. The van der Waals surface area contributed by atoms with Crippen LogP contribution >= 0.6 is 0 Å². The van der Waals surface area contributed by atoms with Gasteiger partial charge in [0.25, 0.3) is 0 Å². The van der Waals surface area contributed by atoms with E-state index in [-0.39, 0.29) is 18.5 Å². The summed E-state index contributed by atoms with van der Waals surface area (Å²) in [5, 5.41) is 10.3. The number of nitrogens with two attached hydrogens (primary N) is 1. The monoisotopic (exact) mass is 362 g/mol. The summed E-state index contributed by atoms with van der Waals surface area (Å²) in [5.74, 6) is -1.18. The second-order valence-corrected chi connectivity index (χ2v) is 5.91. The number of nitrogens with one attached hydrogen (secondary N) is 2. The molecule has 3 aromatic rings. The molecule has 1 aromatic heterocycles. The van der Waals surface area contributed by atoms with Crippen LogP contribution in [-0.4, -0.2) is 22.6 Å². The molecule has 1 heterocycles. The Bertz CT molecular complexity index is 920. The van der Waals surface area contributed by atoms with E-state index >= 15 is 0 Å². The van der Waals surface area contributed by atoms with E-state index in [4.69, 9.17) is 5.73 Å². The van der Waals surface area contributed by atoms with Crippen molar-refractivity contribution in [3.8, 4) is 0 Å². The van der Waals surface area contributed by atoms with Crippen LogP contribution in [0.5, 0.6) is 0 Å². The zero-order valence-electron chi connectivity index (χ0n) is 13.7. The summed E-state index contributed by atoms with van der Waals surface area (Å²) in [4.78, 5) is 12.7. The van der Waals surface area contributed by atoms with Gasteiger partial charge in [0.2, 0.25) is 5.91 Å². The predicted octanol–water partition coefficient (Wildman–Crippen LogP) is 3.65. The molecule has 0 spiro atoms. The van der Waals surface area contributed by atoms with Crippen LogP contribution < -0.4 is 11.1 Å². The van der Waals surface area contributed by atoms with Crippen molar-refractivity contribution in [2.24, 2.45) is 5.73 Å². The van der Waals surface area contributed by atoms with Crippen molar-refractivity contribution >= 4 is 22.5 Å². The van der Waals surface area contributed by atoms with Gasteiger partial charge < -0.3 is 11.1 Å². The van der Waals surface area contributed by atoms with E-state index < -0.39 is 23.6 Å². The molecule has 0 bridgehead atoms. The van der Waals surface area contributed by atoms with Gasteiger partial charge in [0, 0.05) is 11.1 Å². The van der Waals surface area contributed by atoms with Gasteiger partial charge in [0.05, 0.1) is 23.2 Å². The number of anilines is 1. The summed E-state index contributed by atoms with van der Waals surface area (Å²) in [6.07, 6.45) is -2.61. The van der Waals surface area contributed by atoms with E-state index in [1.54, 1.807) is 24.4 Å². The summed E-state index contributed by atoms with van der Waals surface area (Å²) < 4.78 is 38.8. The number of rotatable bonds is 5. The molecule has 0 saturated heterocycles. The lowest BCUT2D eigenvalue weighted by Crippen LogP contribution is -2.24. The maximum Gasteiger partial charge on any atom is 0.416 e. The van der Waals surface area contributed by atoms with Crippen molar-refractivity contribution in [2.75, 3.05) is 11.9 Å². The van der Waals surface area contributed by atoms with Crippen molar-refractivity contribution in [3.63, 3.8) is 0 Å². The number of carbonyl (C=O) groups excluding carboxylic acids is 1. The van der Waals surface area contributed by atoms with E-state index in [1.165, 1.54) is 12.1 Å². The molecular formula is C18H17F3N4O. The van der Waals surface area contributed by atoms with Crippen LogP contribution in [0.15, 0.2) is 48.7 Å². The van der Waals surface area contributed by atoms with E-state index in [0.29, 0.717) is 5.69 Å². The molecule has 0 saturated carbocycles. The number of H-pyrrole nitrogens is 1. The molecular weight excluding hydrogens is 345 g/mol. The third-order valence-corrected chi connectivity index (χ3v) is 4.10. The molecule has 4 N–H and O–H groups in total. The second kappa shape index (κ2) is 7.17. The van der Waals surface area contributed by atoms with Crippen LogP contribution in [0, 0.1) is 0 Å². The highest BCUT2D eigenvalue weighted by molar-refractivity contribution is 5.97. The van der Waals surface area contributed by atoms with E-state index in [1.807, 2.05) is 0 Å². The van der Waals surface area contributed by atoms with Crippen LogP contribution in [0.1, 0.15) is 23.5 Å². The first kappa shape index (κ1) is 17.9. The van der Waals surface area contributed by atoms with Gasteiger partial charge in [-0.2, -0.15) is 18.3 Å².